The van der Waals surface area contributed by atoms with Gasteiger partial charge in [0.15, 0.2) is 0 Å². The fourth-order valence-electron chi connectivity index (χ4n) is 2.52. The van der Waals surface area contributed by atoms with E-state index in [9.17, 15) is 9.59 Å². The molecule has 3 rings (SSSR count). The molecule has 3 aromatic rings. The van der Waals surface area contributed by atoms with Crippen LogP contribution in [0.2, 0.25) is 5.02 Å². The number of rotatable bonds is 3. The van der Waals surface area contributed by atoms with Gasteiger partial charge in [-0.2, -0.15) is 0 Å². The summed E-state index contributed by atoms with van der Waals surface area (Å²) in [5.41, 5.74) is 1.03. The highest BCUT2D eigenvalue weighted by molar-refractivity contribution is 6.38. The Morgan fingerprint density at radius 2 is 1.92 bits per heavy atom. The number of hydrogen-bond donors (Lipinski definition) is 0. The average Bonchev–Trinajstić information content (AvgIpc) is 2.56. The number of hydrogen-bond acceptors (Lipinski definition) is 4. The van der Waals surface area contributed by atoms with Gasteiger partial charge in [-0.3, -0.25) is 9.36 Å². The monoisotopic (exact) mass is 342 g/mol. The summed E-state index contributed by atoms with van der Waals surface area (Å²) in [6.07, 6.45) is 0. The molecule has 2 aromatic heterocycles. The lowest BCUT2D eigenvalue weighted by Gasteiger charge is -2.14. The van der Waals surface area contributed by atoms with Crippen LogP contribution in [0.1, 0.15) is 23.0 Å². The predicted octanol–water partition coefficient (Wildman–Crippen LogP) is 3.52. The van der Waals surface area contributed by atoms with Gasteiger partial charge in [-0.15, -0.1) is 0 Å². The third kappa shape index (κ3) is 2.67. The molecule has 0 N–H and O–H groups in total. The fourth-order valence-corrected chi connectivity index (χ4v) is 2.82. The highest BCUT2D eigenvalue weighted by Gasteiger charge is 2.23. The van der Waals surface area contributed by atoms with Crippen molar-refractivity contribution in [1.29, 1.82) is 0 Å². The summed E-state index contributed by atoms with van der Waals surface area (Å²) in [7, 11) is 0. The van der Waals surface area contributed by atoms with Gasteiger partial charge in [-0.1, -0.05) is 29.8 Å². The number of nitrogens with zero attached hydrogens (tertiary/aromatic N) is 2. The Bertz CT molecular complexity index is 981. The first-order chi connectivity index (χ1) is 11.5. The summed E-state index contributed by atoms with van der Waals surface area (Å²) in [4.78, 5) is 29.7. The van der Waals surface area contributed by atoms with Crippen molar-refractivity contribution in [2.75, 3.05) is 6.61 Å². The average molecular weight is 343 g/mol. The number of aryl methyl sites for hydroxylation is 1. The van der Waals surface area contributed by atoms with Gasteiger partial charge in [0.1, 0.15) is 11.2 Å². The molecule has 24 heavy (non-hydrogen) atoms. The number of pyridine rings is 2. The topological polar surface area (TPSA) is 61.2 Å². The summed E-state index contributed by atoms with van der Waals surface area (Å²) in [5.74, 6) is -0.736. The van der Waals surface area contributed by atoms with Crippen LogP contribution in [0.3, 0.4) is 0 Å². The van der Waals surface area contributed by atoms with E-state index in [0.29, 0.717) is 16.7 Å². The largest absolute Gasteiger partial charge is 0.462 e. The molecule has 0 atom stereocenters. The zero-order valence-corrected chi connectivity index (χ0v) is 14.0. The van der Waals surface area contributed by atoms with Crippen LogP contribution in [0.5, 0.6) is 0 Å². The third-order valence-corrected chi connectivity index (χ3v) is 3.99. The van der Waals surface area contributed by atoms with Crippen LogP contribution in [-0.2, 0) is 4.74 Å². The Hall–Kier alpha value is -2.66. The van der Waals surface area contributed by atoms with E-state index in [-0.39, 0.29) is 17.2 Å². The van der Waals surface area contributed by atoms with E-state index < -0.39 is 11.5 Å². The van der Waals surface area contributed by atoms with Gasteiger partial charge < -0.3 is 4.74 Å². The molecule has 0 aliphatic carbocycles. The Balaban J connectivity index is 2.46. The van der Waals surface area contributed by atoms with Crippen molar-refractivity contribution in [3.63, 3.8) is 0 Å². The van der Waals surface area contributed by atoms with Crippen molar-refractivity contribution in [1.82, 2.24) is 9.55 Å². The van der Waals surface area contributed by atoms with Gasteiger partial charge in [0, 0.05) is 11.1 Å². The van der Waals surface area contributed by atoms with Crippen molar-refractivity contribution in [2.24, 2.45) is 0 Å². The predicted molar refractivity (Wildman–Crippen MR) is 93.0 cm³/mol. The standard InChI is InChI=1S/C18H15ClN2O3/c1-3-24-18(23)14-15(19)13-10-9-11(2)20-16(13)21(17(14)22)12-7-5-4-6-8-12/h4-10H,3H2,1-2H3. The number of esters is 1. The fraction of sp³-hybridized carbons (Fsp3) is 0.167. The summed E-state index contributed by atoms with van der Waals surface area (Å²) >= 11 is 6.34. The molecule has 0 spiro atoms. The second-order valence-electron chi connectivity index (χ2n) is 5.21. The van der Waals surface area contributed by atoms with Crippen molar-refractivity contribution in [3.8, 4) is 5.69 Å². The van der Waals surface area contributed by atoms with Crippen LogP contribution in [0.4, 0.5) is 0 Å². The number of carbonyl (C=O) groups is 1. The molecule has 2 heterocycles. The van der Waals surface area contributed by atoms with Crippen LogP contribution < -0.4 is 5.56 Å². The van der Waals surface area contributed by atoms with Gasteiger partial charge in [0.25, 0.3) is 5.56 Å². The van der Waals surface area contributed by atoms with E-state index in [1.54, 1.807) is 31.2 Å². The van der Waals surface area contributed by atoms with Crippen LogP contribution in [0, 0.1) is 6.92 Å². The first kappa shape index (κ1) is 16.2. The van der Waals surface area contributed by atoms with Crippen molar-refractivity contribution in [2.45, 2.75) is 13.8 Å². The van der Waals surface area contributed by atoms with E-state index in [4.69, 9.17) is 16.3 Å². The van der Waals surface area contributed by atoms with Gasteiger partial charge in [-0.25, -0.2) is 9.78 Å². The molecule has 0 fully saturated rings. The molecular formula is C18H15ClN2O3. The summed E-state index contributed by atoms with van der Waals surface area (Å²) in [6.45, 7) is 3.66. The Morgan fingerprint density at radius 3 is 2.58 bits per heavy atom. The third-order valence-electron chi connectivity index (χ3n) is 3.59. The van der Waals surface area contributed by atoms with Crippen LogP contribution in [0.25, 0.3) is 16.7 Å². The normalized spacial score (nSPS) is 10.8. The maximum absolute atomic E-state index is 13.0. The van der Waals surface area contributed by atoms with Gasteiger partial charge >= 0.3 is 5.97 Å². The number of aromatic nitrogens is 2. The summed E-state index contributed by atoms with van der Waals surface area (Å²) in [6, 6.07) is 12.5. The second-order valence-corrected chi connectivity index (χ2v) is 5.59. The van der Waals surface area contributed by atoms with Gasteiger partial charge in [-0.05, 0) is 38.1 Å². The lowest BCUT2D eigenvalue weighted by molar-refractivity contribution is 0.0524. The molecule has 0 bridgehead atoms. The summed E-state index contributed by atoms with van der Waals surface area (Å²) < 4.78 is 6.39. The number of ether oxygens (including phenoxy) is 1. The molecular weight excluding hydrogens is 328 g/mol. The molecule has 0 aliphatic rings. The minimum atomic E-state index is -0.736. The lowest BCUT2D eigenvalue weighted by Crippen LogP contribution is -2.28. The zero-order chi connectivity index (χ0) is 17.3. The maximum Gasteiger partial charge on any atom is 0.345 e. The van der Waals surface area contributed by atoms with E-state index in [1.165, 1.54) is 4.57 Å². The van der Waals surface area contributed by atoms with E-state index >= 15 is 0 Å². The van der Waals surface area contributed by atoms with Gasteiger partial charge in [0.2, 0.25) is 0 Å². The molecule has 5 nitrogen and oxygen atoms in total. The number of fused-ring (bicyclic) bond motifs is 1. The van der Waals surface area contributed by atoms with E-state index in [1.807, 2.05) is 25.1 Å². The first-order valence-corrected chi connectivity index (χ1v) is 7.86. The van der Waals surface area contributed by atoms with Crippen LogP contribution >= 0.6 is 11.6 Å². The Morgan fingerprint density at radius 1 is 1.21 bits per heavy atom. The molecule has 0 aliphatic heterocycles. The Labute approximate surface area is 143 Å². The molecule has 1 aromatic carbocycles. The van der Waals surface area contributed by atoms with E-state index in [2.05, 4.69) is 4.98 Å². The van der Waals surface area contributed by atoms with Crippen molar-refractivity contribution in [3.05, 3.63) is 69.1 Å². The van der Waals surface area contributed by atoms with Gasteiger partial charge in [0.05, 0.1) is 17.3 Å². The number of carbonyl (C=O) groups excluding carboxylic acids is 1. The molecule has 6 heteroatoms. The van der Waals surface area contributed by atoms with E-state index in [0.717, 1.165) is 5.69 Å². The molecule has 0 saturated heterocycles. The van der Waals surface area contributed by atoms with Crippen molar-refractivity contribution < 1.29 is 9.53 Å². The highest BCUT2D eigenvalue weighted by Crippen LogP contribution is 2.26. The first-order valence-electron chi connectivity index (χ1n) is 7.49. The minimum Gasteiger partial charge on any atom is -0.462 e. The minimum absolute atomic E-state index is 0.0631. The van der Waals surface area contributed by atoms with Crippen LogP contribution in [-0.4, -0.2) is 22.1 Å². The smallest absolute Gasteiger partial charge is 0.345 e. The Kier molecular flexibility index (Phi) is 4.36. The zero-order valence-electron chi connectivity index (χ0n) is 13.2. The van der Waals surface area contributed by atoms with Crippen molar-refractivity contribution >= 4 is 28.6 Å². The molecule has 0 unspecified atom stereocenters. The quantitative estimate of drug-likeness (QED) is 0.683. The maximum atomic E-state index is 13.0. The molecule has 122 valence electrons. The molecule has 0 amide bonds. The van der Waals surface area contributed by atoms with Crippen LogP contribution in [0.15, 0.2) is 47.3 Å². The number of para-hydroxylation sites is 1. The lowest BCUT2D eigenvalue weighted by atomic mass is 10.1. The summed E-state index contributed by atoms with van der Waals surface area (Å²) in [5, 5.41) is 0.585. The number of halogens is 1. The molecule has 0 radical (unpaired) electrons. The molecule has 0 saturated carbocycles. The SMILES string of the molecule is CCOC(=O)c1c(Cl)c2ccc(C)nc2n(-c2ccccc2)c1=O. The number of benzene rings is 1. The second kappa shape index (κ2) is 6.45. The highest BCUT2D eigenvalue weighted by atomic mass is 35.5.